The lowest BCUT2D eigenvalue weighted by Crippen LogP contribution is -2.28. The summed E-state index contributed by atoms with van der Waals surface area (Å²) in [6, 6.07) is 13.3. The zero-order chi connectivity index (χ0) is 18.7. The minimum absolute atomic E-state index is 0.0218. The van der Waals surface area contributed by atoms with Crippen molar-refractivity contribution in [2.75, 3.05) is 23.4 Å². The Bertz CT molecular complexity index is 832. The van der Waals surface area contributed by atoms with Gasteiger partial charge >= 0.3 is 0 Å². The van der Waals surface area contributed by atoms with Gasteiger partial charge in [-0.05, 0) is 56.2 Å². The van der Waals surface area contributed by atoms with Crippen LogP contribution in [0, 0.1) is 19.8 Å². The Morgan fingerprint density at radius 1 is 1.19 bits per heavy atom. The molecule has 2 aromatic carbocycles. The standard InChI is InChI=1S/C21H24N2O3/c1-4-26-19-8-6-5-7-18(19)22-21(25)16-12-20(24)23(13-16)17-10-9-14(2)15(3)11-17/h5-11,16H,4,12-13H2,1-3H3,(H,22,25). The highest BCUT2D eigenvalue weighted by atomic mass is 16.5. The van der Waals surface area contributed by atoms with Gasteiger partial charge in [0.15, 0.2) is 0 Å². The molecule has 0 saturated carbocycles. The van der Waals surface area contributed by atoms with Crippen molar-refractivity contribution < 1.29 is 14.3 Å². The molecule has 1 heterocycles. The van der Waals surface area contributed by atoms with Gasteiger partial charge < -0.3 is 15.0 Å². The second kappa shape index (κ2) is 7.60. The van der Waals surface area contributed by atoms with E-state index in [9.17, 15) is 9.59 Å². The van der Waals surface area contributed by atoms with Gasteiger partial charge in [-0.2, -0.15) is 0 Å². The third-order valence-electron chi connectivity index (χ3n) is 4.74. The number of carbonyl (C=O) groups excluding carboxylic acids is 2. The van der Waals surface area contributed by atoms with Crippen LogP contribution < -0.4 is 15.0 Å². The summed E-state index contributed by atoms with van der Waals surface area (Å²) in [6.07, 6.45) is 0.218. The third-order valence-corrected chi connectivity index (χ3v) is 4.74. The number of anilines is 2. The molecule has 1 unspecified atom stereocenters. The van der Waals surface area contributed by atoms with E-state index in [-0.39, 0.29) is 24.2 Å². The van der Waals surface area contributed by atoms with Gasteiger partial charge in [-0.3, -0.25) is 9.59 Å². The van der Waals surface area contributed by atoms with Crippen LogP contribution in [0.1, 0.15) is 24.5 Å². The van der Waals surface area contributed by atoms with E-state index in [1.807, 2.05) is 57.2 Å². The minimum atomic E-state index is -0.376. The van der Waals surface area contributed by atoms with E-state index in [4.69, 9.17) is 4.74 Å². The second-order valence-electron chi connectivity index (χ2n) is 6.59. The number of rotatable bonds is 5. The van der Waals surface area contributed by atoms with Crippen molar-refractivity contribution in [3.8, 4) is 5.75 Å². The molecule has 26 heavy (non-hydrogen) atoms. The van der Waals surface area contributed by atoms with E-state index in [2.05, 4.69) is 5.32 Å². The number of hydrogen-bond donors (Lipinski definition) is 1. The molecule has 1 aliphatic rings. The van der Waals surface area contributed by atoms with Crippen LogP contribution in [0.5, 0.6) is 5.75 Å². The van der Waals surface area contributed by atoms with Crippen molar-refractivity contribution in [1.29, 1.82) is 0 Å². The smallest absolute Gasteiger partial charge is 0.229 e. The third kappa shape index (κ3) is 3.72. The van der Waals surface area contributed by atoms with Crippen molar-refractivity contribution in [2.24, 2.45) is 5.92 Å². The Labute approximate surface area is 154 Å². The monoisotopic (exact) mass is 352 g/mol. The molecule has 2 amide bonds. The maximum Gasteiger partial charge on any atom is 0.229 e. The second-order valence-corrected chi connectivity index (χ2v) is 6.59. The summed E-state index contributed by atoms with van der Waals surface area (Å²) in [4.78, 5) is 26.8. The Balaban J connectivity index is 1.72. The van der Waals surface area contributed by atoms with Gasteiger partial charge in [0.1, 0.15) is 5.75 Å². The van der Waals surface area contributed by atoms with Gasteiger partial charge in [-0.25, -0.2) is 0 Å². The first-order chi connectivity index (χ1) is 12.5. The maximum absolute atomic E-state index is 12.7. The molecule has 0 spiro atoms. The lowest BCUT2D eigenvalue weighted by molar-refractivity contribution is -0.122. The molecule has 2 aromatic rings. The van der Waals surface area contributed by atoms with Crippen molar-refractivity contribution in [1.82, 2.24) is 0 Å². The normalized spacial score (nSPS) is 16.7. The zero-order valence-corrected chi connectivity index (χ0v) is 15.4. The molecule has 1 saturated heterocycles. The van der Waals surface area contributed by atoms with Gasteiger partial charge in [0.25, 0.3) is 0 Å². The van der Waals surface area contributed by atoms with E-state index in [0.29, 0.717) is 24.6 Å². The van der Waals surface area contributed by atoms with Crippen molar-refractivity contribution in [3.05, 3.63) is 53.6 Å². The molecule has 1 N–H and O–H groups in total. The lowest BCUT2D eigenvalue weighted by atomic mass is 10.1. The van der Waals surface area contributed by atoms with Gasteiger partial charge in [-0.1, -0.05) is 18.2 Å². The Morgan fingerprint density at radius 3 is 2.69 bits per heavy atom. The largest absolute Gasteiger partial charge is 0.492 e. The molecule has 136 valence electrons. The number of nitrogens with zero attached hydrogens (tertiary/aromatic N) is 1. The van der Waals surface area contributed by atoms with Crippen LogP contribution in [0.2, 0.25) is 0 Å². The quantitative estimate of drug-likeness (QED) is 0.893. The molecular formula is C21H24N2O3. The average Bonchev–Trinajstić information content (AvgIpc) is 3.01. The van der Waals surface area contributed by atoms with Crippen LogP contribution in [0.4, 0.5) is 11.4 Å². The molecule has 0 radical (unpaired) electrons. The molecule has 5 nitrogen and oxygen atoms in total. The van der Waals surface area contributed by atoms with Gasteiger partial charge in [0, 0.05) is 18.7 Å². The number of benzene rings is 2. The average molecular weight is 352 g/mol. The molecule has 0 aliphatic carbocycles. The maximum atomic E-state index is 12.7. The Kier molecular flexibility index (Phi) is 5.26. The first-order valence-corrected chi connectivity index (χ1v) is 8.90. The highest BCUT2D eigenvalue weighted by molar-refractivity contribution is 6.04. The minimum Gasteiger partial charge on any atom is -0.492 e. The fourth-order valence-electron chi connectivity index (χ4n) is 3.11. The molecule has 3 rings (SSSR count). The van der Waals surface area contributed by atoms with Crippen molar-refractivity contribution in [2.45, 2.75) is 27.2 Å². The van der Waals surface area contributed by atoms with E-state index >= 15 is 0 Å². The predicted molar refractivity (Wildman–Crippen MR) is 103 cm³/mol. The molecule has 0 aromatic heterocycles. The number of nitrogens with one attached hydrogen (secondary N) is 1. The summed E-state index contributed by atoms with van der Waals surface area (Å²) < 4.78 is 5.54. The van der Waals surface area contributed by atoms with E-state index in [1.54, 1.807) is 11.0 Å². The summed E-state index contributed by atoms with van der Waals surface area (Å²) in [6.45, 7) is 6.88. The van der Waals surface area contributed by atoms with Crippen LogP contribution in [-0.2, 0) is 9.59 Å². The molecule has 0 bridgehead atoms. The fourth-order valence-corrected chi connectivity index (χ4v) is 3.11. The highest BCUT2D eigenvalue weighted by Crippen LogP contribution is 2.29. The highest BCUT2D eigenvalue weighted by Gasteiger charge is 2.35. The predicted octanol–water partition coefficient (Wildman–Crippen LogP) is 3.69. The summed E-state index contributed by atoms with van der Waals surface area (Å²) in [5.74, 6) is 0.0841. The van der Waals surface area contributed by atoms with Crippen LogP contribution in [0.15, 0.2) is 42.5 Å². The summed E-state index contributed by atoms with van der Waals surface area (Å²) >= 11 is 0. The van der Waals surface area contributed by atoms with Crippen LogP contribution in [0.3, 0.4) is 0 Å². The van der Waals surface area contributed by atoms with Gasteiger partial charge in [-0.15, -0.1) is 0 Å². The van der Waals surface area contributed by atoms with Crippen molar-refractivity contribution in [3.63, 3.8) is 0 Å². The van der Waals surface area contributed by atoms with Crippen LogP contribution in [0.25, 0.3) is 0 Å². The first-order valence-electron chi connectivity index (χ1n) is 8.90. The Hall–Kier alpha value is -2.82. The summed E-state index contributed by atoms with van der Waals surface area (Å²) in [5.41, 5.74) is 3.80. The number of aryl methyl sites for hydroxylation is 2. The topological polar surface area (TPSA) is 58.6 Å². The molecule has 1 fully saturated rings. The molecule has 1 atom stereocenters. The van der Waals surface area contributed by atoms with E-state index < -0.39 is 0 Å². The lowest BCUT2D eigenvalue weighted by Gasteiger charge is -2.18. The number of ether oxygens (including phenoxy) is 1. The zero-order valence-electron chi connectivity index (χ0n) is 15.4. The molecular weight excluding hydrogens is 328 g/mol. The number of carbonyl (C=O) groups is 2. The fraction of sp³-hybridized carbons (Fsp3) is 0.333. The number of amides is 2. The van der Waals surface area contributed by atoms with Crippen LogP contribution >= 0.6 is 0 Å². The van der Waals surface area contributed by atoms with E-state index in [0.717, 1.165) is 11.3 Å². The van der Waals surface area contributed by atoms with Crippen molar-refractivity contribution >= 4 is 23.2 Å². The number of hydrogen-bond acceptors (Lipinski definition) is 3. The summed E-state index contributed by atoms with van der Waals surface area (Å²) in [7, 11) is 0. The van der Waals surface area contributed by atoms with E-state index in [1.165, 1.54) is 5.56 Å². The summed E-state index contributed by atoms with van der Waals surface area (Å²) in [5, 5.41) is 2.91. The van der Waals surface area contributed by atoms with Crippen LogP contribution in [-0.4, -0.2) is 25.0 Å². The SMILES string of the molecule is CCOc1ccccc1NC(=O)C1CC(=O)N(c2ccc(C)c(C)c2)C1. The Morgan fingerprint density at radius 2 is 1.96 bits per heavy atom. The first kappa shape index (κ1) is 18.0. The number of para-hydroxylation sites is 2. The molecule has 5 heteroatoms. The molecule has 1 aliphatic heterocycles. The van der Waals surface area contributed by atoms with Gasteiger partial charge in [0.2, 0.25) is 11.8 Å². The van der Waals surface area contributed by atoms with Gasteiger partial charge in [0.05, 0.1) is 18.2 Å².